The van der Waals surface area contributed by atoms with Crippen LogP contribution in [0.5, 0.6) is 0 Å². The minimum Gasteiger partial charge on any atom is -0.384 e. The summed E-state index contributed by atoms with van der Waals surface area (Å²) < 4.78 is 13.1. The maximum atomic E-state index is 13.1. The zero-order valence-corrected chi connectivity index (χ0v) is 9.94. The summed E-state index contributed by atoms with van der Waals surface area (Å²) in [4.78, 5) is 8.72. The van der Waals surface area contributed by atoms with E-state index in [0.717, 1.165) is 11.3 Å². The summed E-state index contributed by atoms with van der Waals surface area (Å²) in [5.74, 6) is 1.47. The Kier molecular flexibility index (Phi) is 2.70. The van der Waals surface area contributed by atoms with Gasteiger partial charge in [0.1, 0.15) is 17.5 Å². The number of rotatable bonds is 3. The van der Waals surface area contributed by atoms with Crippen molar-refractivity contribution in [1.29, 1.82) is 0 Å². The second-order valence-electron chi connectivity index (χ2n) is 4.71. The van der Waals surface area contributed by atoms with Gasteiger partial charge < -0.3 is 5.73 Å². The van der Waals surface area contributed by atoms with E-state index in [-0.39, 0.29) is 5.82 Å². The molecule has 18 heavy (non-hydrogen) atoms. The van der Waals surface area contributed by atoms with Gasteiger partial charge in [0.15, 0.2) is 0 Å². The Morgan fingerprint density at radius 2 is 2.06 bits per heavy atom. The van der Waals surface area contributed by atoms with Crippen molar-refractivity contribution in [2.75, 3.05) is 5.73 Å². The van der Waals surface area contributed by atoms with Crippen molar-refractivity contribution in [3.63, 3.8) is 0 Å². The van der Waals surface area contributed by atoms with E-state index in [1.54, 1.807) is 6.07 Å². The first-order valence-electron chi connectivity index (χ1n) is 6.08. The van der Waals surface area contributed by atoms with E-state index in [9.17, 15) is 4.39 Å². The van der Waals surface area contributed by atoms with Gasteiger partial charge in [-0.25, -0.2) is 14.4 Å². The standard InChI is InChI=1S/C14H14FN3/c15-11-3-1-2-9(6-11)7-14-17-12(10-4-5-10)8-13(16)18-14/h1-3,6,8,10H,4-5,7H2,(H2,16,17,18). The first-order valence-corrected chi connectivity index (χ1v) is 6.08. The minimum absolute atomic E-state index is 0.237. The second-order valence-corrected chi connectivity index (χ2v) is 4.71. The number of anilines is 1. The number of aromatic nitrogens is 2. The molecule has 2 aromatic rings. The van der Waals surface area contributed by atoms with E-state index < -0.39 is 0 Å². The Balaban J connectivity index is 1.87. The highest BCUT2D eigenvalue weighted by Crippen LogP contribution is 2.39. The van der Waals surface area contributed by atoms with Crippen LogP contribution in [0.1, 0.15) is 35.8 Å². The monoisotopic (exact) mass is 243 g/mol. The highest BCUT2D eigenvalue weighted by Gasteiger charge is 2.25. The van der Waals surface area contributed by atoms with Crippen molar-refractivity contribution in [2.24, 2.45) is 0 Å². The molecule has 1 aliphatic rings. The lowest BCUT2D eigenvalue weighted by Gasteiger charge is -2.05. The molecule has 0 amide bonds. The number of hydrogen-bond acceptors (Lipinski definition) is 3. The molecule has 0 saturated heterocycles. The Morgan fingerprint density at radius 1 is 1.22 bits per heavy atom. The van der Waals surface area contributed by atoms with Crippen LogP contribution in [0, 0.1) is 5.82 Å². The third kappa shape index (κ3) is 2.47. The molecule has 0 spiro atoms. The van der Waals surface area contributed by atoms with Crippen molar-refractivity contribution >= 4 is 5.82 Å². The molecule has 3 nitrogen and oxygen atoms in total. The highest BCUT2D eigenvalue weighted by molar-refractivity contribution is 5.34. The fraction of sp³-hybridized carbons (Fsp3) is 0.286. The van der Waals surface area contributed by atoms with Crippen molar-refractivity contribution in [2.45, 2.75) is 25.2 Å². The van der Waals surface area contributed by atoms with Crippen molar-refractivity contribution < 1.29 is 4.39 Å². The van der Waals surface area contributed by atoms with Gasteiger partial charge in [0.2, 0.25) is 0 Å². The van der Waals surface area contributed by atoms with Crippen LogP contribution >= 0.6 is 0 Å². The molecule has 0 bridgehead atoms. The van der Waals surface area contributed by atoms with Crippen LogP contribution in [0.3, 0.4) is 0 Å². The van der Waals surface area contributed by atoms with E-state index >= 15 is 0 Å². The molecule has 4 heteroatoms. The van der Waals surface area contributed by atoms with Gasteiger partial charge in [0.25, 0.3) is 0 Å². The summed E-state index contributed by atoms with van der Waals surface area (Å²) in [6.45, 7) is 0. The Labute approximate surface area is 105 Å². The fourth-order valence-corrected chi connectivity index (χ4v) is 2.04. The fourth-order valence-electron chi connectivity index (χ4n) is 2.04. The summed E-state index contributed by atoms with van der Waals surface area (Å²) in [7, 11) is 0. The van der Waals surface area contributed by atoms with Gasteiger partial charge in [-0.2, -0.15) is 0 Å². The number of hydrogen-bond donors (Lipinski definition) is 1. The quantitative estimate of drug-likeness (QED) is 0.901. The summed E-state index contributed by atoms with van der Waals surface area (Å²) in [5.41, 5.74) is 7.67. The van der Waals surface area contributed by atoms with Crippen LogP contribution in [0.4, 0.5) is 10.2 Å². The number of nitrogen functional groups attached to an aromatic ring is 1. The Bertz CT molecular complexity index is 579. The summed E-state index contributed by atoms with van der Waals surface area (Å²) in [5, 5.41) is 0. The first kappa shape index (κ1) is 11.1. The third-order valence-corrected chi connectivity index (χ3v) is 3.06. The first-order chi connectivity index (χ1) is 8.70. The molecule has 1 heterocycles. The van der Waals surface area contributed by atoms with Crippen LogP contribution < -0.4 is 5.73 Å². The molecule has 1 saturated carbocycles. The molecule has 1 aromatic heterocycles. The molecule has 0 aliphatic heterocycles. The molecule has 1 aromatic carbocycles. The average molecular weight is 243 g/mol. The topological polar surface area (TPSA) is 51.8 Å². The number of nitrogens with two attached hydrogens (primary N) is 1. The smallest absolute Gasteiger partial charge is 0.135 e. The van der Waals surface area contributed by atoms with Crippen LogP contribution in [-0.4, -0.2) is 9.97 Å². The lowest BCUT2D eigenvalue weighted by molar-refractivity contribution is 0.625. The molecule has 2 N–H and O–H groups in total. The lowest BCUT2D eigenvalue weighted by atomic mass is 10.1. The van der Waals surface area contributed by atoms with E-state index in [1.807, 2.05) is 12.1 Å². The number of nitrogens with zero attached hydrogens (tertiary/aromatic N) is 2. The highest BCUT2D eigenvalue weighted by atomic mass is 19.1. The zero-order valence-electron chi connectivity index (χ0n) is 9.94. The van der Waals surface area contributed by atoms with Crippen LogP contribution in [0.15, 0.2) is 30.3 Å². The van der Waals surface area contributed by atoms with E-state index in [1.165, 1.54) is 25.0 Å². The van der Waals surface area contributed by atoms with Gasteiger partial charge in [-0.1, -0.05) is 12.1 Å². The van der Waals surface area contributed by atoms with Crippen molar-refractivity contribution in [3.8, 4) is 0 Å². The maximum absolute atomic E-state index is 13.1. The van der Waals surface area contributed by atoms with Gasteiger partial charge in [-0.15, -0.1) is 0 Å². The predicted octanol–water partition coefficient (Wildman–Crippen LogP) is 2.67. The zero-order chi connectivity index (χ0) is 12.5. The lowest BCUT2D eigenvalue weighted by Crippen LogP contribution is -2.03. The second kappa shape index (κ2) is 4.37. The van der Waals surface area contributed by atoms with Crippen LogP contribution in [0.2, 0.25) is 0 Å². The molecule has 0 radical (unpaired) electrons. The summed E-state index contributed by atoms with van der Waals surface area (Å²) in [6, 6.07) is 8.33. The normalized spacial score (nSPS) is 14.7. The van der Waals surface area contributed by atoms with Gasteiger partial charge in [0.05, 0.1) is 0 Å². The average Bonchev–Trinajstić information content (AvgIpc) is 3.11. The molecule has 92 valence electrons. The molecule has 0 unspecified atom stereocenters. The van der Waals surface area contributed by atoms with Crippen LogP contribution in [-0.2, 0) is 6.42 Å². The largest absolute Gasteiger partial charge is 0.384 e. The van der Waals surface area contributed by atoms with Gasteiger partial charge >= 0.3 is 0 Å². The van der Waals surface area contributed by atoms with E-state index in [4.69, 9.17) is 5.73 Å². The predicted molar refractivity (Wildman–Crippen MR) is 67.6 cm³/mol. The molecule has 1 aliphatic carbocycles. The molecule has 1 fully saturated rings. The van der Waals surface area contributed by atoms with Crippen molar-refractivity contribution in [1.82, 2.24) is 9.97 Å². The molecule has 3 rings (SSSR count). The van der Waals surface area contributed by atoms with E-state index in [2.05, 4.69) is 9.97 Å². The third-order valence-electron chi connectivity index (χ3n) is 3.06. The Morgan fingerprint density at radius 3 is 2.78 bits per heavy atom. The molecule has 0 atom stereocenters. The van der Waals surface area contributed by atoms with Gasteiger partial charge in [-0.3, -0.25) is 0 Å². The summed E-state index contributed by atoms with van der Waals surface area (Å²) in [6.07, 6.45) is 2.87. The van der Waals surface area contributed by atoms with E-state index in [0.29, 0.717) is 24.0 Å². The van der Waals surface area contributed by atoms with Crippen molar-refractivity contribution in [3.05, 3.63) is 53.2 Å². The van der Waals surface area contributed by atoms with Gasteiger partial charge in [0, 0.05) is 24.1 Å². The summed E-state index contributed by atoms with van der Waals surface area (Å²) >= 11 is 0. The Hall–Kier alpha value is -1.97. The SMILES string of the molecule is Nc1cc(C2CC2)nc(Cc2cccc(F)c2)n1. The number of halogens is 1. The van der Waals surface area contributed by atoms with Crippen LogP contribution in [0.25, 0.3) is 0 Å². The number of benzene rings is 1. The van der Waals surface area contributed by atoms with Gasteiger partial charge in [-0.05, 0) is 30.5 Å². The molecular weight excluding hydrogens is 229 g/mol. The molecular formula is C14H14FN3. The minimum atomic E-state index is -0.237. The maximum Gasteiger partial charge on any atom is 0.135 e.